The molecule has 0 spiro atoms. The Hall–Kier alpha value is -1.30. The maximum atomic E-state index is 10.9. The zero-order valence-electron chi connectivity index (χ0n) is 13.1. The van der Waals surface area contributed by atoms with Gasteiger partial charge in [-0.15, -0.1) is 0 Å². The van der Waals surface area contributed by atoms with Crippen LogP contribution in [-0.4, -0.2) is 29.6 Å². The Morgan fingerprint density at radius 3 is 2.92 bits per heavy atom. The van der Waals surface area contributed by atoms with E-state index >= 15 is 0 Å². The summed E-state index contributed by atoms with van der Waals surface area (Å²) in [5.41, 5.74) is 9.21. The predicted octanol–water partition coefficient (Wildman–Crippen LogP) is -1.55. The first-order chi connectivity index (χ1) is 8.30. The summed E-state index contributed by atoms with van der Waals surface area (Å²) in [5, 5.41) is 8.82. The van der Waals surface area contributed by atoms with Crippen LogP contribution in [0.15, 0.2) is 4.99 Å². The van der Waals surface area contributed by atoms with Gasteiger partial charge in [-0.2, -0.15) is 0 Å². The Bertz CT molecular complexity index is 384. The van der Waals surface area contributed by atoms with Gasteiger partial charge in [-0.1, -0.05) is 0 Å². The molecular formula is C6H14N4O2. The van der Waals surface area contributed by atoms with Crippen LogP contribution in [0.3, 0.4) is 0 Å². The van der Waals surface area contributed by atoms with Gasteiger partial charge >= 0.3 is 5.97 Å². The Balaban J connectivity index is 5.67. The van der Waals surface area contributed by atoms with E-state index in [-0.39, 0.29) is 0 Å². The van der Waals surface area contributed by atoms with Crippen LogP contribution >= 0.6 is 0 Å². The molecule has 0 saturated carbocycles. The van der Waals surface area contributed by atoms with Crippen LogP contribution in [0.2, 0.25) is 2.82 Å². The number of hydrogen-bond acceptors (Lipinski definition) is 3. The highest BCUT2D eigenvalue weighted by Gasteiger charge is 2.09. The standard InChI is InChI=1S/C6H14N4O2/c7-4(5(11)12)2-1-3-10-6(8)9/h4H,1-3,7H2,(H,11,12)(H4,8,9,10)/t4-/m1/s1/i1D2,2D2,4D/hD2. The average Bonchev–Trinajstić information content (AvgIpc) is 2.24. The topological polar surface area (TPSA) is 128 Å². The van der Waals surface area contributed by atoms with Gasteiger partial charge < -0.3 is 22.3 Å². The van der Waals surface area contributed by atoms with Gasteiger partial charge in [-0.25, -0.2) is 0 Å². The zero-order valence-corrected chi connectivity index (χ0v) is 6.11. The molecule has 1 atom stereocenters. The summed E-state index contributed by atoms with van der Waals surface area (Å²) in [5.74, 6) is -2.73. The molecule has 70 valence electrons. The quantitative estimate of drug-likeness (QED) is 0.291. The second-order valence-electron chi connectivity index (χ2n) is 1.70. The summed E-state index contributed by atoms with van der Waals surface area (Å²) in [4.78, 5) is 14.2. The Morgan fingerprint density at radius 1 is 1.83 bits per heavy atom. The first-order valence-electron chi connectivity index (χ1n) is 6.27. The molecule has 0 fully saturated rings. The molecule has 0 unspecified atom stereocenters. The van der Waals surface area contributed by atoms with Gasteiger partial charge in [0, 0.05) is 12.0 Å². The smallest absolute Gasteiger partial charge is 0.320 e. The lowest BCUT2D eigenvalue weighted by atomic mass is 10.2. The van der Waals surface area contributed by atoms with Crippen LogP contribution in [0.25, 0.3) is 0 Å². The van der Waals surface area contributed by atoms with Crippen molar-refractivity contribution in [3.8, 4) is 0 Å². The Kier molecular flexibility index (Phi) is 1.61. The molecule has 0 aromatic carbocycles. The molecule has 0 bridgehead atoms. The minimum Gasteiger partial charge on any atom is -0.480 e. The summed E-state index contributed by atoms with van der Waals surface area (Å²) in [6.45, 7) is -0.954. The van der Waals surface area contributed by atoms with Crippen molar-refractivity contribution in [1.29, 1.82) is 0 Å². The van der Waals surface area contributed by atoms with Crippen LogP contribution < -0.4 is 17.2 Å². The number of nitrogens with zero attached hydrogens (tertiary/aromatic N) is 1. The molecule has 0 aliphatic rings. The first kappa shape index (κ1) is 3.61. The number of guanidine groups is 1. The predicted molar refractivity (Wildman–Crippen MR) is 45.5 cm³/mol. The monoisotopic (exact) mass is 181 g/mol. The number of aliphatic imine (C=N–C) groups is 1. The highest BCUT2D eigenvalue weighted by molar-refractivity contribution is 5.75. The molecule has 6 nitrogen and oxygen atoms in total. The first-order valence-corrected chi connectivity index (χ1v) is 2.87. The van der Waals surface area contributed by atoms with Crippen molar-refractivity contribution in [2.24, 2.45) is 22.2 Å². The van der Waals surface area contributed by atoms with E-state index in [1.165, 1.54) is 0 Å². The van der Waals surface area contributed by atoms with Crippen molar-refractivity contribution >= 4 is 11.9 Å². The second-order valence-corrected chi connectivity index (χ2v) is 1.70. The molecule has 0 amide bonds. The molecule has 7 N–H and O–H groups in total. The number of carboxylic acids is 1. The fourth-order valence-electron chi connectivity index (χ4n) is 0.308. The molecule has 0 radical (unpaired) electrons. The Labute approximate surface area is 80.4 Å². The van der Waals surface area contributed by atoms with Gasteiger partial charge in [0.1, 0.15) is 8.84 Å². The third-order valence-corrected chi connectivity index (χ3v) is 0.750. The summed E-state index contributed by atoms with van der Waals surface area (Å²) >= 11 is 0. The van der Waals surface area contributed by atoms with Gasteiger partial charge in [0.2, 0.25) is 0 Å². The van der Waals surface area contributed by atoms with E-state index in [9.17, 15) is 4.79 Å². The largest absolute Gasteiger partial charge is 0.480 e. The van der Waals surface area contributed by atoms with Crippen molar-refractivity contribution in [2.75, 3.05) is 6.54 Å². The van der Waals surface area contributed by atoms with E-state index in [1.807, 2.05) is 0 Å². The SMILES string of the molecule is [2H]N([2H])[C@@]([2H])(C(=O)O)C([2H])([2H])C([2H])([2H])CN=C(N)N. The van der Waals surface area contributed by atoms with Gasteiger partial charge in [-0.3, -0.25) is 9.79 Å². The normalized spacial score (nSPS) is 25.9. The third-order valence-electron chi connectivity index (χ3n) is 0.750. The number of carbonyl (C=O) groups is 1. The lowest BCUT2D eigenvalue weighted by Crippen LogP contribution is -2.30. The van der Waals surface area contributed by atoms with Crippen LogP contribution in [0.5, 0.6) is 0 Å². The van der Waals surface area contributed by atoms with Crippen molar-refractivity contribution in [2.45, 2.75) is 18.8 Å². The zero-order chi connectivity index (χ0) is 15.6. The molecule has 0 aromatic heterocycles. The van der Waals surface area contributed by atoms with Gasteiger partial charge in [0.05, 0.1) is 1.37 Å². The van der Waals surface area contributed by atoms with E-state index < -0.39 is 43.0 Å². The molecule has 12 heavy (non-hydrogen) atoms. The summed E-state index contributed by atoms with van der Waals surface area (Å²) in [6, 6.07) is -3.49. The van der Waals surface area contributed by atoms with E-state index in [0.29, 0.717) is 0 Å². The van der Waals surface area contributed by atoms with E-state index in [1.54, 1.807) is 0 Å². The number of hydrogen-bond donors (Lipinski definition) is 4. The van der Waals surface area contributed by atoms with Gasteiger partial charge in [0.25, 0.3) is 0 Å². The molecule has 0 heterocycles. The summed E-state index contributed by atoms with van der Waals surface area (Å²) < 4.78 is 51.0. The maximum absolute atomic E-state index is 10.9. The van der Waals surface area contributed by atoms with Crippen LogP contribution in [0.4, 0.5) is 0 Å². The molecule has 0 aromatic rings. The van der Waals surface area contributed by atoms with Crippen molar-refractivity contribution < 1.29 is 19.6 Å². The highest BCUT2D eigenvalue weighted by atomic mass is 16.4. The molecule has 0 saturated heterocycles. The Morgan fingerprint density at radius 2 is 2.50 bits per heavy atom. The van der Waals surface area contributed by atoms with E-state index in [2.05, 4.69) is 4.99 Å². The number of carboxylic acid groups (broad SMARTS) is 1. The fourth-order valence-corrected chi connectivity index (χ4v) is 0.308. The minimum absolute atomic E-state index is 0.542. The van der Waals surface area contributed by atoms with Crippen LogP contribution in [0, 0.1) is 0 Å². The summed E-state index contributed by atoms with van der Waals surface area (Å²) in [7, 11) is 0. The minimum atomic E-state index is -3.49. The van der Waals surface area contributed by atoms with E-state index in [4.69, 9.17) is 26.3 Å². The van der Waals surface area contributed by atoms with Gasteiger partial charge in [0.15, 0.2) is 5.96 Å². The third kappa shape index (κ3) is 5.48. The number of rotatable bonds is 6. The van der Waals surface area contributed by atoms with Crippen LogP contribution in [-0.2, 0) is 4.79 Å². The lowest BCUT2D eigenvalue weighted by molar-refractivity contribution is -0.138. The second kappa shape index (κ2) is 5.36. The summed E-state index contributed by atoms with van der Waals surface area (Å²) in [6.07, 6.45) is -6.42. The van der Waals surface area contributed by atoms with Crippen molar-refractivity contribution in [3.63, 3.8) is 0 Å². The number of nitrogens with two attached hydrogens (primary N) is 3. The number of aliphatic carboxylic acids is 1. The lowest BCUT2D eigenvalue weighted by Gasteiger charge is -2.03. The molecule has 0 aliphatic carbocycles. The maximum Gasteiger partial charge on any atom is 0.320 e. The molecule has 0 aliphatic heterocycles. The molecule has 6 heteroatoms. The highest BCUT2D eigenvalue weighted by Crippen LogP contribution is 1.94. The average molecular weight is 181 g/mol. The van der Waals surface area contributed by atoms with Crippen LogP contribution in [0.1, 0.15) is 19.6 Å². The molecule has 0 rings (SSSR count). The van der Waals surface area contributed by atoms with E-state index in [0.717, 1.165) is 0 Å². The van der Waals surface area contributed by atoms with Gasteiger partial charge in [-0.05, 0) is 12.7 Å². The fraction of sp³-hybridized carbons (Fsp3) is 0.667. The van der Waals surface area contributed by atoms with Crippen molar-refractivity contribution in [3.05, 3.63) is 0 Å². The van der Waals surface area contributed by atoms with Crippen molar-refractivity contribution in [1.82, 2.24) is 0 Å². The molecular weight excluding hydrogens is 160 g/mol.